The van der Waals surface area contributed by atoms with E-state index in [1.165, 1.54) is 24.3 Å². The number of amides is 1. The van der Waals surface area contributed by atoms with Gasteiger partial charge in [0, 0.05) is 16.9 Å². The Morgan fingerprint density at radius 2 is 1.65 bits per heavy atom. The van der Waals surface area contributed by atoms with Gasteiger partial charge in [-0.1, -0.05) is 0 Å². The molecule has 0 bridgehead atoms. The van der Waals surface area contributed by atoms with Crippen LogP contribution in [0.15, 0.2) is 53.4 Å². The monoisotopic (exact) mass is 449 g/mol. The van der Waals surface area contributed by atoms with E-state index in [-0.39, 0.29) is 17.2 Å². The maximum absolute atomic E-state index is 13.3. The first-order valence-electron chi connectivity index (χ1n) is 9.57. The molecule has 1 aliphatic rings. The molecule has 6 nitrogen and oxygen atoms in total. The van der Waals surface area contributed by atoms with E-state index in [9.17, 15) is 26.4 Å². The van der Waals surface area contributed by atoms with E-state index in [4.69, 9.17) is 0 Å². The van der Waals surface area contributed by atoms with Gasteiger partial charge >= 0.3 is 5.76 Å². The van der Waals surface area contributed by atoms with Gasteiger partial charge in [-0.15, -0.1) is 0 Å². The molecule has 0 aliphatic heterocycles. The Morgan fingerprint density at radius 3 is 2.29 bits per heavy atom. The van der Waals surface area contributed by atoms with Crippen LogP contribution in [0.3, 0.4) is 0 Å². The molecular weight excluding hydrogens is 431 g/mol. The number of carbonyl (C=O) groups is 1. The molecule has 162 valence electrons. The summed E-state index contributed by atoms with van der Waals surface area (Å²) in [4.78, 5) is 12.4. The summed E-state index contributed by atoms with van der Waals surface area (Å²) in [5.41, 5.74) is 2.81. The highest BCUT2D eigenvalue weighted by molar-refractivity contribution is 7.91. The van der Waals surface area contributed by atoms with Gasteiger partial charge in [0.2, 0.25) is 9.84 Å². The molecule has 4 rings (SSSR count). The zero-order valence-electron chi connectivity index (χ0n) is 16.2. The normalized spacial score (nSPS) is 13.8. The van der Waals surface area contributed by atoms with Gasteiger partial charge in [-0.3, -0.25) is 4.79 Å². The van der Waals surface area contributed by atoms with Crippen molar-refractivity contribution in [2.24, 2.45) is 0 Å². The molecular formula is C21H18F3N3O3S. The van der Waals surface area contributed by atoms with Gasteiger partial charge in [0.05, 0.1) is 10.6 Å². The predicted molar refractivity (Wildman–Crippen MR) is 108 cm³/mol. The number of carbonyl (C=O) groups excluding carboxylic acids is 1. The molecule has 31 heavy (non-hydrogen) atoms. The lowest BCUT2D eigenvalue weighted by Crippen LogP contribution is -2.16. The van der Waals surface area contributed by atoms with Gasteiger partial charge in [0.25, 0.3) is 5.91 Å². The number of sulfone groups is 1. The Morgan fingerprint density at radius 1 is 1.00 bits per heavy atom. The highest BCUT2D eigenvalue weighted by Crippen LogP contribution is 2.28. The number of fused-ring (bicyclic) bond motifs is 1. The van der Waals surface area contributed by atoms with Crippen LogP contribution in [0.1, 0.15) is 34.6 Å². The van der Waals surface area contributed by atoms with Crippen molar-refractivity contribution in [3.63, 3.8) is 0 Å². The summed E-state index contributed by atoms with van der Waals surface area (Å²) < 4.78 is 63.3. The Hall–Kier alpha value is -3.14. The van der Waals surface area contributed by atoms with Crippen LogP contribution in [0.5, 0.6) is 0 Å². The molecule has 0 atom stereocenters. The number of benzene rings is 2. The average molecular weight is 449 g/mol. The number of hydrogen-bond acceptors (Lipinski definition) is 4. The average Bonchev–Trinajstić information content (AvgIpc) is 3.14. The van der Waals surface area contributed by atoms with Crippen LogP contribution in [0.2, 0.25) is 0 Å². The molecule has 0 spiro atoms. The molecule has 0 saturated carbocycles. The van der Waals surface area contributed by atoms with Gasteiger partial charge < -0.3 is 5.32 Å². The van der Waals surface area contributed by atoms with E-state index in [0.29, 0.717) is 12.1 Å². The Labute approximate surface area is 176 Å². The van der Waals surface area contributed by atoms with Crippen molar-refractivity contribution < 1.29 is 26.4 Å². The molecule has 0 radical (unpaired) electrons. The number of aromatic nitrogens is 2. The van der Waals surface area contributed by atoms with Crippen LogP contribution in [0, 0.1) is 5.82 Å². The van der Waals surface area contributed by atoms with E-state index in [2.05, 4.69) is 10.4 Å². The predicted octanol–water partition coefficient (Wildman–Crippen LogP) is 4.14. The molecule has 0 unspecified atom stereocenters. The summed E-state index contributed by atoms with van der Waals surface area (Å²) in [7, 11) is -4.71. The van der Waals surface area contributed by atoms with Crippen LogP contribution >= 0.6 is 0 Å². The molecule has 1 N–H and O–H groups in total. The molecule has 1 aromatic heterocycles. The number of rotatable bonds is 5. The van der Waals surface area contributed by atoms with Gasteiger partial charge in [0.1, 0.15) is 5.82 Å². The summed E-state index contributed by atoms with van der Waals surface area (Å²) in [5, 5.41) is 7.09. The van der Waals surface area contributed by atoms with E-state index < -0.39 is 26.4 Å². The highest BCUT2D eigenvalue weighted by atomic mass is 32.2. The summed E-state index contributed by atoms with van der Waals surface area (Å²) in [6.07, 6.45) is 3.25. The van der Waals surface area contributed by atoms with E-state index in [0.717, 1.165) is 42.7 Å². The minimum atomic E-state index is -4.71. The summed E-state index contributed by atoms with van der Waals surface area (Å²) in [6.45, 7) is 0. The van der Waals surface area contributed by atoms with E-state index in [1.807, 2.05) is 0 Å². The fourth-order valence-corrected chi connectivity index (χ4v) is 4.32. The molecule has 1 heterocycles. The number of hydrogen-bond donors (Lipinski definition) is 1. The van der Waals surface area contributed by atoms with Crippen molar-refractivity contribution in [2.75, 3.05) is 5.32 Å². The Bertz CT molecular complexity index is 1220. The van der Waals surface area contributed by atoms with E-state index in [1.54, 1.807) is 16.8 Å². The molecule has 0 fully saturated rings. The first-order valence-corrected chi connectivity index (χ1v) is 11.1. The van der Waals surface area contributed by atoms with Crippen molar-refractivity contribution in [3.05, 3.63) is 71.3 Å². The van der Waals surface area contributed by atoms with Gasteiger partial charge in [-0.25, -0.2) is 17.5 Å². The van der Waals surface area contributed by atoms with Gasteiger partial charge in [-0.2, -0.15) is 13.9 Å². The molecule has 1 amide bonds. The molecule has 10 heteroatoms. The highest BCUT2D eigenvalue weighted by Gasteiger charge is 2.27. The second-order valence-electron chi connectivity index (χ2n) is 7.15. The van der Waals surface area contributed by atoms with Crippen molar-refractivity contribution in [3.8, 4) is 5.69 Å². The molecule has 2 aromatic carbocycles. The fraction of sp³-hybridized carbons (Fsp3) is 0.238. The first kappa shape index (κ1) is 21.1. The van der Waals surface area contributed by atoms with Crippen LogP contribution < -0.4 is 5.32 Å². The maximum Gasteiger partial charge on any atom is 0.341 e. The third-order valence-electron chi connectivity index (χ3n) is 5.14. The largest absolute Gasteiger partial charge is 0.341 e. The molecule has 1 aliphatic carbocycles. The number of halogens is 3. The van der Waals surface area contributed by atoms with Gasteiger partial charge in [0.15, 0.2) is 5.69 Å². The number of nitrogens with zero attached hydrogens (tertiary/aromatic N) is 2. The van der Waals surface area contributed by atoms with Crippen LogP contribution in [-0.2, 0) is 22.7 Å². The second-order valence-corrected chi connectivity index (χ2v) is 9.07. The standard InChI is InChI=1S/C21H18F3N3O3S/c22-13-5-9-15(10-6-13)27-18-4-2-1-3-17(18)19(26-27)20(28)25-14-7-11-16(12-8-14)31(29,30)21(23)24/h5-12,21H,1-4H2,(H,25,28). The smallest absolute Gasteiger partial charge is 0.321 e. The van der Waals surface area contributed by atoms with Crippen molar-refractivity contribution in [1.82, 2.24) is 9.78 Å². The lowest BCUT2D eigenvalue weighted by Gasteiger charge is -2.14. The van der Waals surface area contributed by atoms with Crippen LogP contribution in [-0.4, -0.2) is 29.9 Å². The summed E-state index contributed by atoms with van der Waals surface area (Å²) in [5.74, 6) is -4.39. The lowest BCUT2D eigenvalue weighted by atomic mass is 9.95. The fourth-order valence-electron chi connectivity index (χ4n) is 3.60. The Kier molecular flexibility index (Phi) is 5.57. The zero-order chi connectivity index (χ0) is 22.2. The first-order chi connectivity index (χ1) is 14.8. The second kappa shape index (κ2) is 8.18. The summed E-state index contributed by atoms with van der Waals surface area (Å²) >= 11 is 0. The SMILES string of the molecule is O=C(Nc1ccc(S(=O)(=O)C(F)F)cc1)c1nn(-c2ccc(F)cc2)c2c1CCCC2. The van der Waals surface area contributed by atoms with Crippen molar-refractivity contribution in [1.29, 1.82) is 0 Å². The number of anilines is 1. The number of nitrogens with one attached hydrogen (secondary N) is 1. The molecule has 3 aromatic rings. The van der Waals surface area contributed by atoms with Crippen LogP contribution in [0.25, 0.3) is 5.69 Å². The van der Waals surface area contributed by atoms with Crippen molar-refractivity contribution >= 4 is 21.4 Å². The third kappa shape index (κ3) is 4.07. The maximum atomic E-state index is 13.3. The summed E-state index contributed by atoms with van der Waals surface area (Å²) in [6, 6.07) is 10.3. The van der Waals surface area contributed by atoms with E-state index >= 15 is 0 Å². The zero-order valence-corrected chi connectivity index (χ0v) is 17.0. The minimum absolute atomic E-state index is 0.225. The Balaban J connectivity index is 1.63. The lowest BCUT2D eigenvalue weighted by molar-refractivity contribution is 0.102. The molecule has 0 saturated heterocycles. The minimum Gasteiger partial charge on any atom is -0.321 e. The number of alkyl halides is 2. The van der Waals surface area contributed by atoms with Gasteiger partial charge in [-0.05, 0) is 74.2 Å². The quantitative estimate of drug-likeness (QED) is 0.635. The third-order valence-corrected chi connectivity index (χ3v) is 6.54. The topological polar surface area (TPSA) is 81.1 Å². The van der Waals surface area contributed by atoms with Crippen molar-refractivity contribution in [2.45, 2.75) is 36.3 Å². The van der Waals surface area contributed by atoms with Crippen LogP contribution in [0.4, 0.5) is 18.9 Å².